The van der Waals surface area contributed by atoms with Gasteiger partial charge in [0.25, 0.3) is 5.91 Å². The molecule has 0 radical (unpaired) electrons. The molecule has 0 saturated heterocycles. The van der Waals surface area contributed by atoms with Crippen molar-refractivity contribution in [3.8, 4) is 0 Å². The second-order valence-corrected chi connectivity index (χ2v) is 5.16. The normalized spacial score (nSPS) is 12.4. The molecule has 0 aliphatic heterocycles. The first kappa shape index (κ1) is 15.4. The van der Waals surface area contributed by atoms with Crippen molar-refractivity contribution in [3.63, 3.8) is 0 Å². The predicted octanol–water partition coefficient (Wildman–Crippen LogP) is 1.15. The summed E-state index contributed by atoms with van der Waals surface area (Å²) in [6.07, 6.45) is 3.08. The zero-order chi connectivity index (χ0) is 14.3. The Bertz CT molecular complexity index is 454. The fourth-order valence-electron chi connectivity index (χ4n) is 2.08. The van der Waals surface area contributed by atoms with Crippen molar-refractivity contribution in [1.29, 1.82) is 0 Å². The molecule has 0 spiro atoms. The van der Waals surface area contributed by atoms with Gasteiger partial charge >= 0.3 is 0 Å². The number of aromatic nitrogens is 1. The number of nitrogens with one attached hydrogen (secondary N) is 2. The van der Waals surface area contributed by atoms with Gasteiger partial charge in [0.2, 0.25) is 5.56 Å². The standard InChI is InChI=1S/C14H22N2O3/c1-10(2)7-11(4-6-17)9-16-14(19)12-3-5-15-13(18)8-12/h3,5,8,10-11,17H,4,6-7,9H2,1-2H3,(H,15,18)(H,16,19). The molecule has 1 amide bonds. The highest BCUT2D eigenvalue weighted by atomic mass is 16.3. The number of amides is 1. The van der Waals surface area contributed by atoms with Gasteiger partial charge < -0.3 is 15.4 Å². The maximum atomic E-state index is 11.9. The van der Waals surface area contributed by atoms with E-state index in [-0.39, 0.29) is 24.0 Å². The summed E-state index contributed by atoms with van der Waals surface area (Å²) >= 11 is 0. The summed E-state index contributed by atoms with van der Waals surface area (Å²) in [6.45, 7) is 4.87. The lowest BCUT2D eigenvalue weighted by Gasteiger charge is -2.18. The van der Waals surface area contributed by atoms with E-state index >= 15 is 0 Å². The molecule has 1 aromatic heterocycles. The van der Waals surface area contributed by atoms with Gasteiger partial charge in [0.1, 0.15) is 0 Å². The number of aliphatic hydroxyl groups is 1. The van der Waals surface area contributed by atoms with Gasteiger partial charge in [-0.15, -0.1) is 0 Å². The molecule has 0 aliphatic rings. The molecule has 0 aliphatic carbocycles. The number of hydrogen-bond acceptors (Lipinski definition) is 3. The summed E-state index contributed by atoms with van der Waals surface area (Å²) in [5, 5.41) is 11.8. The molecule has 5 heteroatoms. The summed E-state index contributed by atoms with van der Waals surface area (Å²) < 4.78 is 0. The van der Waals surface area contributed by atoms with Crippen molar-refractivity contribution >= 4 is 5.91 Å². The van der Waals surface area contributed by atoms with Crippen LogP contribution in [0, 0.1) is 11.8 Å². The fraction of sp³-hybridized carbons (Fsp3) is 0.571. The molecule has 0 saturated carbocycles. The van der Waals surface area contributed by atoms with Crippen molar-refractivity contribution in [3.05, 3.63) is 34.2 Å². The van der Waals surface area contributed by atoms with Gasteiger partial charge in [-0.1, -0.05) is 13.8 Å². The Balaban J connectivity index is 2.54. The number of rotatable bonds is 7. The van der Waals surface area contributed by atoms with Crippen LogP contribution in [0.1, 0.15) is 37.0 Å². The van der Waals surface area contributed by atoms with Crippen molar-refractivity contribution in [1.82, 2.24) is 10.3 Å². The highest BCUT2D eigenvalue weighted by Crippen LogP contribution is 2.14. The molecule has 1 aromatic rings. The topological polar surface area (TPSA) is 82.2 Å². The lowest BCUT2D eigenvalue weighted by Crippen LogP contribution is -2.31. The summed E-state index contributed by atoms with van der Waals surface area (Å²) in [7, 11) is 0. The van der Waals surface area contributed by atoms with Crippen molar-refractivity contribution in [2.24, 2.45) is 11.8 Å². The van der Waals surface area contributed by atoms with Gasteiger partial charge in [-0.2, -0.15) is 0 Å². The molecule has 0 fully saturated rings. The molecule has 3 N–H and O–H groups in total. The fourth-order valence-corrected chi connectivity index (χ4v) is 2.08. The van der Waals surface area contributed by atoms with E-state index < -0.39 is 0 Å². The Morgan fingerprint density at radius 3 is 2.79 bits per heavy atom. The first-order valence-electron chi connectivity index (χ1n) is 6.60. The van der Waals surface area contributed by atoms with Crippen LogP contribution in [0.2, 0.25) is 0 Å². The number of pyridine rings is 1. The molecule has 1 rings (SSSR count). The summed E-state index contributed by atoms with van der Waals surface area (Å²) in [5.74, 6) is 0.529. The first-order chi connectivity index (χ1) is 9.02. The molecule has 19 heavy (non-hydrogen) atoms. The number of H-pyrrole nitrogens is 1. The lowest BCUT2D eigenvalue weighted by molar-refractivity contribution is 0.0941. The highest BCUT2D eigenvalue weighted by Gasteiger charge is 2.13. The van der Waals surface area contributed by atoms with Crippen molar-refractivity contribution in [2.45, 2.75) is 26.7 Å². The molecule has 1 unspecified atom stereocenters. The van der Waals surface area contributed by atoms with E-state index in [0.717, 1.165) is 6.42 Å². The number of hydrogen-bond donors (Lipinski definition) is 3. The minimum absolute atomic E-state index is 0.123. The van der Waals surface area contributed by atoms with Crippen molar-refractivity contribution in [2.75, 3.05) is 13.2 Å². The Morgan fingerprint density at radius 1 is 1.47 bits per heavy atom. The lowest BCUT2D eigenvalue weighted by atomic mass is 9.94. The quantitative estimate of drug-likeness (QED) is 0.692. The second kappa shape index (κ2) is 7.74. The maximum Gasteiger partial charge on any atom is 0.251 e. The monoisotopic (exact) mass is 266 g/mol. The van der Waals surface area contributed by atoms with E-state index in [1.54, 1.807) is 6.07 Å². The predicted molar refractivity (Wildman–Crippen MR) is 74.0 cm³/mol. The Kier molecular flexibility index (Phi) is 6.29. The van der Waals surface area contributed by atoms with E-state index in [0.29, 0.717) is 24.4 Å². The van der Waals surface area contributed by atoms with Crippen LogP contribution in [0.5, 0.6) is 0 Å². The molecule has 1 heterocycles. The minimum Gasteiger partial charge on any atom is -0.396 e. The van der Waals surface area contributed by atoms with E-state index in [9.17, 15) is 9.59 Å². The number of aliphatic hydroxyl groups excluding tert-OH is 1. The molecule has 1 atom stereocenters. The molecule has 106 valence electrons. The van der Waals surface area contributed by atoms with E-state index in [1.807, 2.05) is 0 Å². The third-order valence-electron chi connectivity index (χ3n) is 2.93. The third kappa shape index (κ3) is 5.70. The molecule has 5 nitrogen and oxygen atoms in total. The number of carbonyl (C=O) groups excluding carboxylic acids is 1. The van der Waals surface area contributed by atoms with Gasteiger partial charge in [-0.3, -0.25) is 9.59 Å². The van der Waals surface area contributed by atoms with Crippen LogP contribution in [-0.2, 0) is 0 Å². The molecule has 0 bridgehead atoms. The zero-order valence-electron chi connectivity index (χ0n) is 11.5. The van der Waals surface area contributed by atoms with Crippen LogP contribution < -0.4 is 10.9 Å². The molecular weight excluding hydrogens is 244 g/mol. The molecule has 0 aromatic carbocycles. The van der Waals surface area contributed by atoms with Crippen LogP contribution in [0.15, 0.2) is 23.1 Å². The summed E-state index contributed by atoms with van der Waals surface area (Å²) in [4.78, 5) is 25.4. The van der Waals surface area contributed by atoms with Crippen molar-refractivity contribution < 1.29 is 9.90 Å². The van der Waals surface area contributed by atoms with Crippen LogP contribution >= 0.6 is 0 Å². The highest BCUT2D eigenvalue weighted by molar-refractivity contribution is 5.93. The largest absolute Gasteiger partial charge is 0.396 e. The zero-order valence-corrected chi connectivity index (χ0v) is 11.5. The van der Waals surface area contributed by atoms with Gasteiger partial charge in [0.15, 0.2) is 0 Å². The van der Waals surface area contributed by atoms with Gasteiger partial charge in [-0.25, -0.2) is 0 Å². The van der Waals surface area contributed by atoms with Crippen LogP contribution in [0.25, 0.3) is 0 Å². The molecular formula is C14H22N2O3. The van der Waals surface area contributed by atoms with Gasteiger partial charge in [0.05, 0.1) is 0 Å². The Hall–Kier alpha value is -1.62. The average molecular weight is 266 g/mol. The Morgan fingerprint density at radius 2 is 2.21 bits per heavy atom. The van der Waals surface area contributed by atoms with Crippen LogP contribution in [0.4, 0.5) is 0 Å². The summed E-state index contributed by atoms with van der Waals surface area (Å²) in [6, 6.07) is 2.85. The summed E-state index contributed by atoms with van der Waals surface area (Å²) in [5.41, 5.74) is 0.0674. The van der Waals surface area contributed by atoms with Gasteiger partial charge in [-0.05, 0) is 30.7 Å². The number of carbonyl (C=O) groups is 1. The SMILES string of the molecule is CC(C)CC(CCO)CNC(=O)c1cc[nH]c(=O)c1. The first-order valence-corrected chi connectivity index (χ1v) is 6.60. The Labute approximate surface area is 113 Å². The van der Waals surface area contributed by atoms with E-state index in [4.69, 9.17) is 5.11 Å². The second-order valence-electron chi connectivity index (χ2n) is 5.16. The minimum atomic E-state index is -0.290. The number of aromatic amines is 1. The maximum absolute atomic E-state index is 11.9. The third-order valence-corrected chi connectivity index (χ3v) is 2.93. The van der Waals surface area contributed by atoms with E-state index in [2.05, 4.69) is 24.1 Å². The van der Waals surface area contributed by atoms with Crippen LogP contribution in [-0.4, -0.2) is 29.1 Å². The van der Waals surface area contributed by atoms with E-state index in [1.165, 1.54) is 12.3 Å². The van der Waals surface area contributed by atoms with Gasteiger partial charge in [0, 0.05) is 31.0 Å². The smallest absolute Gasteiger partial charge is 0.251 e. The average Bonchev–Trinajstić information content (AvgIpc) is 2.35. The van der Waals surface area contributed by atoms with Crippen LogP contribution in [0.3, 0.4) is 0 Å².